The minimum absolute atomic E-state index is 0.0711. The van der Waals surface area contributed by atoms with Gasteiger partial charge in [0.2, 0.25) is 5.91 Å². The van der Waals surface area contributed by atoms with Gasteiger partial charge in [-0.1, -0.05) is 12.1 Å². The van der Waals surface area contributed by atoms with Crippen LogP contribution in [0.5, 0.6) is 0 Å². The largest absolute Gasteiger partial charge is 0.340 e. The fourth-order valence-corrected chi connectivity index (χ4v) is 3.33. The van der Waals surface area contributed by atoms with E-state index in [-0.39, 0.29) is 11.5 Å². The highest BCUT2D eigenvalue weighted by atomic mass is 16.2. The van der Waals surface area contributed by atoms with E-state index in [1.165, 1.54) is 6.42 Å². The first-order valence-electron chi connectivity index (χ1n) is 8.32. The Morgan fingerprint density at radius 2 is 2.17 bits per heavy atom. The number of likely N-dealkylation sites (tertiary alicyclic amines) is 1. The third-order valence-electron chi connectivity index (χ3n) is 4.75. The van der Waals surface area contributed by atoms with Crippen molar-refractivity contribution in [1.29, 1.82) is 0 Å². The highest BCUT2D eigenvalue weighted by Crippen LogP contribution is 2.17. The zero-order valence-electron chi connectivity index (χ0n) is 13.8. The molecule has 5 nitrogen and oxygen atoms in total. The molecule has 2 aromatic rings. The van der Waals surface area contributed by atoms with Crippen LogP contribution in [0.2, 0.25) is 0 Å². The summed E-state index contributed by atoms with van der Waals surface area (Å²) in [6.45, 7) is 5.27. The number of aromatic nitrogens is 2. The maximum Gasteiger partial charge on any atom is 0.261 e. The molecule has 0 N–H and O–H groups in total. The molecule has 0 aliphatic carbocycles. The maximum absolute atomic E-state index is 12.5. The van der Waals surface area contributed by atoms with Gasteiger partial charge in [-0.3, -0.25) is 14.2 Å². The Morgan fingerprint density at radius 3 is 2.96 bits per heavy atom. The second-order valence-electron chi connectivity index (χ2n) is 6.40. The number of fused-ring (bicyclic) bond motifs is 1. The monoisotopic (exact) mass is 313 g/mol. The van der Waals surface area contributed by atoms with Gasteiger partial charge >= 0.3 is 0 Å². The molecule has 2 heterocycles. The Kier molecular flexibility index (Phi) is 4.46. The van der Waals surface area contributed by atoms with Crippen molar-refractivity contribution in [3.8, 4) is 0 Å². The van der Waals surface area contributed by atoms with Gasteiger partial charge in [0.25, 0.3) is 5.56 Å². The third kappa shape index (κ3) is 3.14. The Morgan fingerprint density at radius 1 is 1.35 bits per heavy atom. The Hall–Kier alpha value is -2.17. The summed E-state index contributed by atoms with van der Waals surface area (Å²) in [5, 5.41) is 0.617. The van der Waals surface area contributed by atoms with Crippen LogP contribution >= 0.6 is 0 Å². The highest BCUT2D eigenvalue weighted by Gasteiger charge is 2.22. The number of aryl methyl sites for hydroxylation is 2. The van der Waals surface area contributed by atoms with Crippen molar-refractivity contribution in [1.82, 2.24) is 14.5 Å². The topological polar surface area (TPSA) is 55.2 Å². The zero-order chi connectivity index (χ0) is 16.4. The Labute approximate surface area is 135 Å². The number of hydrogen-bond donors (Lipinski definition) is 0. The normalized spacial score (nSPS) is 18.3. The molecule has 0 bridgehead atoms. The second kappa shape index (κ2) is 6.52. The average molecular weight is 313 g/mol. The lowest BCUT2D eigenvalue weighted by Crippen LogP contribution is -2.42. The fourth-order valence-electron chi connectivity index (χ4n) is 3.33. The number of para-hydroxylation sites is 1. The van der Waals surface area contributed by atoms with Gasteiger partial charge in [0.15, 0.2) is 0 Å². The van der Waals surface area contributed by atoms with E-state index in [2.05, 4.69) is 11.9 Å². The molecule has 3 rings (SSSR count). The molecular weight excluding hydrogens is 290 g/mol. The van der Waals surface area contributed by atoms with Crippen molar-refractivity contribution < 1.29 is 4.79 Å². The van der Waals surface area contributed by atoms with E-state index in [9.17, 15) is 9.59 Å². The quantitative estimate of drug-likeness (QED) is 0.875. The van der Waals surface area contributed by atoms with Crippen molar-refractivity contribution in [3.63, 3.8) is 0 Å². The average Bonchev–Trinajstić information content (AvgIpc) is 2.55. The molecule has 0 saturated carbocycles. The van der Waals surface area contributed by atoms with Crippen LogP contribution in [0.15, 0.2) is 29.3 Å². The predicted molar refractivity (Wildman–Crippen MR) is 90.4 cm³/mol. The van der Waals surface area contributed by atoms with Crippen LogP contribution in [-0.2, 0) is 11.3 Å². The molecule has 1 aliphatic rings. The number of piperidine rings is 1. The molecule has 5 heteroatoms. The minimum Gasteiger partial charge on any atom is -0.340 e. The summed E-state index contributed by atoms with van der Waals surface area (Å²) in [5.41, 5.74) is 1.66. The van der Waals surface area contributed by atoms with E-state index >= 15 is 0 Å². The molecule has 1 aliphatic heterocycles. The lowest BCUT2D eigenvalue weighted by molar-refractivity contribution is -0.134. The molecular formula is C18H23N3O2. The maximum atomic E-state index is 12.5. The van der Waals surface area contributed by atoms with Crippen molar-refractivity contribution in [3.05, 3.63) is 40.4 Å². The summed E-state index contributed by atoms with van der Waals surface area (Å²) in [7, 11) is 0. The summed E-state index contributed by atoms with van der Waals surface area (Å²) >= 11 is 0. The zero-order valence-corrected chi connectivity index (χ0v) is 13.8. The van der Waals surface area contributed by atoms with Crippen LogP contribution in [0.4, 0.5) is 0 Å². The molecule has 122 valence electrons. The van der Waals surface area contributed by atoms with Gasteiger partial charge in [-0.15, -0.1) is 0 Å². The molecule has 1 aromatic heterocycles. The van der Waals surface area contributed by atoms with E-state index in [0.717, 1.165) is 30.5 Å². The Balaban J connectivity index is 1.76. The van der Waals surface area contributed by atoms with Gasteiger partial charge in [-0.25, -0.2) is 4.98 Å². The van der Waals surface area contributed by atoms with Crippen LogP contribution in [0.3, 0.4) is 0 Å². The summed E-state index contributed by atoms with van der Waals surface area (Å²) in [4.78, 5) is 31.3. The number of amides is 1. The van der Waals surface area contributed by atoms with Gasteiger partial charge < -0.3 is 4.90 Å². The van der Waals surface area contributed by atoms with Crippen molar-refractivity contribution in [2.24, 2.45) is 0 Å². The molecule has 1 amide bonds. The highest BCUT2D eigenvalue weighted by molar-refractivity contribution is 5.80. The molecule has 23 heavy (non-hydrogen) atoms. The molecule has 0 spiro atoms. The van der Waals surface area contributed by atoms with Gasteiger partial charge in [-0.05, 0) is 44.7 Å². The van der Waals surface area contributed by atoms with Crippen LogP contribution in [0.1, 0.15) is 38.2 Å². The van der Waals surface area contributed by atoms with Gasteiger partial charge in [0.05, 0.1) is 17.2 Å². The molecule has 1 saturated heterocycles. The van der Waals surface area contributed by atoms with E-state index in [0.29, 0.717) is 24.4 Å². The number of carbonyl (C=O) groups is 1. The SMILES string of the molecule is Cc1cccc2c(=O)n(CCC(=O)N3CCCCC3C)cnc12. The predicted octanol–water partition coefficient (Wildman–Crippen LogP) is 2.50. The molecule has 0 radical (unpaired) electrons. The molecule has 1 aromatic carbocycles. The lowest BCUT2D eigenvalue weighted by atomic mass is 10.0. The minimum atomic E-state index is -0.0711. The standard InChI is InChI=1S/C18H23N3O2/c1-13-6-5-8-15-17(13)19-12-20(18(15)23)11-9-16(22)21-10-4-3-7-14(21)2/h5-6,8,12,14H,3-4,7,9-11H2,1-2H3. The van der Waals surface area contributed by atoms with E-state index in [1.807, 2.05) is 24.0 Å². The Bertz CT molecular complexity index is 781. The van der Waals surface area contributed by atoms with Crippen LogP contribution < -0.4 is 5.56 Å². The van der Waals surface area contributed by atoms with Crippen LogP contribution in [0.25, 0.3) is 10.9 Å². The summed E-state index contributed by atoms with van der Waals surface area (Å²) in [6.07, 6.45) is 5.25. The van der Waals surface area contributed by atoms with Crippen molar-refractivity contribution in [2.75, 3.05) is 6.54 Å². The van der Waals surface area contributed by atoms with Crippen molar-refractivity contribution in [2.45, 2.75) is 52.1 Å². The van der Waals surface area contributed by atoms with Gasteiger partial charge in [0.1, 0.15) is 0 Å². The fraction of sp³-hybridized carbons (Fsp3) is 0.500. The van der Waals surface area contributed by atoms with Crippen molar-refractivity contribution >= 4 is 16.8 Å². The third-order valence-corrected chi connectivity index (χ3v) is 4.75. The number of benzene rings is 1. The number of rotatable bonds is 3. The van der Waals surface area contributed by atoms with E-state index < -0.39 is 0 Å². The number of nitrogens with zero attached hydrogens (tertiary/aromatic N) is 3. The van der Waals surface area contributed by atoms with Gasteiger partial charge in [0, 0.05) is 25.6 Å². The first kappa shape index (κ1) is 15.7. The smallest absolute Gasteiger partial charge is 0.261 e. The number of carbonyl (C=O) groups excluding carboxylic acids is 1. The second-order valence-corrected chi connectivity index (χ2v) is 6.40. The summed E-state index contributed by atoms with van der Waals surface area (Å²) < 4.78 is 1.55. The molecule has 1 atom stereocenters. The summed E-state index contributed by atoms with van der Waals surface area (Å²) in [6, 6.07) is 5.92. The number of hydrogen-bond acceptors (Lipinski definition) is 3. The van der Waals surface area contributed by atoms with E-state index in [4.69, 9.17) is 0 Å². The van der Waals surface area contributed by atoms with E-state index in [1.54, 1.807) is 17.0 Å². The van der Waals surface area contributed by atoms with Crippen LogP contribution in [0, 0.1) is 6.92 Å². The first-order valence-corrected chi connectivity index (χ1v) is 8.32. The first-order chi connectivity index (χ1) is 11.1. The molecule has 1 unspecified atom stereocenters. The summed E-state index contributed by atoms with van der Waals surface area (Å²) in [5.74, 6) is 0.133. The lowest BCUT2D eigenvalue weighted by Gasteiger charge is -2.33. The van der Waals surface area contributed by atoms with Crippen LogP contribution in [-0.4, -0.2) is 32.9 Å². The van der Waals surface area contributed by atoms with Gasteiger partial charge in [-0.2, -0.15) is 0 Å². The molecule has 1 fully saturated rings.